The normalized spacial score (nSPS) is 25.3. The van der Waals surface area contributed by atoms with Crippen molar-refractivity contribution in [3.63, 3.8) is 0 Å². The molecular weight excluding hydrogens is 1780 g/mol. The summed E-state index contributed by atoms with van der Waals surface area (Å²) in [6.07, 6.45) is -18.4. The Morgan fingerprint density at radius 2 is 1.23 bits per heavy atom. The molecule has 2 saturated heterocycles. The van der Waals surface area contributed by atoms with Crippen LogP contribution in [-0.4, -0.2) is 177 Å². The van der Waals surface area contributed by atoms with E-state index >= 15 is 24.0 Å². The van der Waals surface area contributed by atoms with Crippen molar-refractivity contribution in [2.45, 2.75) is 169 Å². The van der Waals surface area contributed by atoms with E-state index in [1.54, 1.807) is 32.9 Å². The van der Waals surface area contributed by atoms with Gasteiger partial charge in [-0.3, -0.25) is 33.6 Å². The maximum Gasteiger partial charge on any atom is 0.330 e. The van der Waals surface area contributed by atoms with Crippen LogP contribution < -0.4 is 57.2 Å². The Bertz CT molecular complexity index is 5950. The van der Waals surface area contributed by atoms with Gasteiger partial charge in [0.05, 0.1) is 34.8 Å². The summed E-state index contributed by atoms with van der Waals surface area (Å²) >= 11 is 21.8. The summed E-state index contributed by atoms with van der Waals surface area (Å²) < 4.78 is 47.8. The third-order valence-electron chi connectivity index (χ3n) is 23.3. The molecule has 11 bridgehead atoms. The highest BCUT2D eigenvalue weighted by molar-refractivity contribution is 7.99. The predicted octanol–water partition coefficient (Wildman–Crippen LogP) is 10.4. The number of phenolic OH excluding ortho intramolecular Hbond substituents is 3. The number of nitrogens with zero attached hydrogens (tertiary/aromatic N) is 1. The molecule has 0 spiro atoms. The Kier molecular flexibility index (Phi) is 28.0. The summed E-state index contributed by atoms with van der Waals surface area (Å²) in [6, 6.07) is 34.0. The largest absolute Gasteiger partial charge is 0.508 e. The van der Waals surface area contributed by atoms with E-state index in [-0.39, 0.29) is 63.7 Å². The van der Waals surface area contributed by atoms with Gasteiger partial charge < -0.3 is 122 Å². The molecule has 10 unspecified atom stereocenters. The van der Waals surface area contributed by atoms with Crippen molar-refractivity contribution in [2.75, 3.05) is 5.75 Å². The molecule has 1 aromatic heterocycles. The Morgan fingerprint density at radius 3 is 1.85 bits per heavy atom. The average molecular weight is 1870 g/mol. The second kappa shape index (κ2) is 39.3. The van der Waals surface area contributed by atoms with E-state index in [1.807, 2.05) is 111 Å². The maximum absolute atomic E-state index is 16.5. The lowest BCUT2D eigenvalue weighted by atomic mass is 9.84. The number of halogens is 3. The molecular formula is C94H92Cl3N9O24S. The number of aromatic nitrogens is 1. The molecule has 0 saturated carbocycles. The number of aliphatic carboxylic acids is 1. The van der Waals surface area contributed by atoms with Crippen LogP contribution in [0.3, 0.4) is 0 Å². The number of oxazole rings is 1. The molecule has 33 nitrogen and oxygen atoms in total. The first-order valence-electron chi connectivity index (χ1n) is 41.8. The number of primary amides is 1. The highest BCUT2D eigenvalue weighted by Gasteiger charge is 2.53. The molecule has 2 fully saturated rings. The zero-order valence-corrected chi connectivity index (χ0v) is 73.6. The number of aliphatic hydroxyl groups excluding tert-OH is 5. The topological polar surface area (TPSA) is 510 Å². The Labute approximate surface area is 768 Å². The SMILES string of the molecule is CC(C)C[C@H](C)C(=O)N[C@H]1C(=O)N[C@@H](CC(N)=O)C(=O)N[C@H]2C(=O)NC3C(=O)N[C@H](C(=O)N[C@@H](C(=O)O)c4cc(O)cc(O)c4-c4cc3ccc4O)[C@H](O)c3ccc(c(Cl)c3)Oc3cc2cc(c3OC2OC(CSc3nc(-c4ccccc4)c(-c4ccccc4)o3)C(O)C(O)C2OC2CC(C)(NCc3ccc(-c4ccc(Cl)cc4)cc3)C(O)C(C)O2)Oc2ccc(cc2Cl)[C@H]1O. The number of carbonyl (C=O) groups is 8. The number of nitrogens with one attached hydrogen (secondary N) is 7. The minimum absolute atomic E-state index is 0.0592. The fraction of sp³-hybridized carbons (Fsp3) is 0.309. The summed E-state index contributed by atoms with van der Waals surface area (Å²) in [5.41, 5.74) is 6.23. The van der Waals surface area contributed by atoms with Gasteiger partial charge in [-0.05, 0) is 132 Å². The monoisotopic (exact) mass is 1870 g/mol. The summed E-state index contributed by atoms with van der Waals surface area (Å²) in [6.45, 7) is 8.81. The number of amides is 7. The number of benzene rings is 9. The Balaban J connectivity index is 0.911. The second-order valence-electron chi connectivity index (χ2n) is 33.3. The van der Waals surface area contributed by atoms with Gasteiger partial charge in [-0.1, -0.05) is 183 Å². The molecule has 18 atom stereocenters. The molecule has 9 aromatic carbocycles. The van der Waals surface area contributed by atoms with E-state index in [1.165, 1.54) is 24.3 Å². The van der Waals surface area contributed by atoms with Gasteiger partial charge in [0.15, 0.2) is 35.7 Å². The van der Waals surface area contributed by atoms with Crippen LogP contribution in [0.5, 0.6) is 46.0 Å². The lowest BCUT2D eigenvalue weighted by Crippen LogP contribution is -2.65. The molecule has 0 aliphatic carbocycles. The van der Waals surface area contributed by atoms with E-state index in [4.69, 9.17) is 78.4 Å². The van der Waals surface area contributed by atoms with Gasteiger partial charge in [0.1, 0.15) is 89.1 Å². The number of hydrogen-bond acceptors (Lipinski definition) is 26. The number of phenols is 3. The number of carboxylic acids is 1. The molecule has 7 aliphatic rings. The van der Waals surface area contributed by atoms with Crippen LogP contribution in [0, 0.1) is 11.8 Å². The lowest BCUT2D eigenvalue weighted by Gasteiger charge is -2.48. The van der Waals surface area contributed by atoms with Crippen LogP contribution in [-0.2, 0) is 59.1 Å². The molecule has 37 heteroatoms. The summed E-state index contributed by atoms with van der Waals surface area (Å²) in [5, 5.41) is 127. The molecule has 0 radical (unpaired) electrons. The molecule has 7 aliphatic heterocycles. The smallest absolute Gasteiger partial charge is 0.330 e. The van der Waals surface area contributed by atoms with E-state index in [0.29, 0.717) is 27.6 Å². The number of aliphatic hydroxyl groups is 5. The number of carbonyl (C=O) groups excluding carboxylic acids is 7. The third kappa shape index (κ3) is 20.5. The van der Waals surface area contributed by atoms with Gasteiger partial charge in [-0.25, -0.2) is 9.78 Å². The number of hydrogen-bond donors (Lipinski definition) is 17. The van der Waals surface area contributed by atoms with Crippen molar-refractivity contribution in [3.8, 4) is 90.8 Å². The van der Waals surface area contributed by atoms with E-state index < -0.39 is 230 Å². The predicted molar refractivity (Wildman–Crippen MR) is 476 cm³/mol. The Hall–Kier alpha value is -12.4. The van der Waals surface area contributed by atoms with Crippen LogP contribution in [0.15, 0.2) is 198 Å². The molecule has 684 valence electrons. The molecule has 8 heterocycles. The summed E-state index contributed by atoms with van der Waals surface area (Å²) in [7, 11) is 0. The van der Waals surface area contributed by atoms with Gasteiger partial charge in [-0.2, -0.15) is 0 Å². The van der Waals surface area contributed by atoms with E-state index in [9.17, 15) is 60.3 Å². The van der Waals surface area contributed by atoms with Crippen LogP contribution in [0.4, 0.5) is 0 Å². The molecule has 18 N–H and O–H groups in total. The van der Waals surface area contributed by atoms with Crippen molar-refractivity contribution in [1.82, 2.24) is 42.2 Å². The number of fused-ring (bicyclic) bond motifs is 15. The van der Waals surface area contributed by atoms with Crippen molar-refractivity contribution in [3.05, 3.63) is 237 Å². The second-order valence-corrected chi connectivity index (χ2v) is 35.5. The van der Waals surface area contributed by atoms with Gasteiger partial charge >= 0.3 is 5.97 Å². The highest BCUT2D eigenvalue weighted by atomic mass is 35.5. The van der Waals surface area contributed by atoms with Crippen molar-refractivity contribution < 1.29 is 117 Å². The number of rotatable bonds is 20. The molecule has 131 heavy (non-hydrogen) atoms. The van der Waals surface area contributed by atoms with E-state index in [0.717, 1.165) is 83.0 Å². The van der Waals surface area contributed by atoms with Crippen molar-refractivity contribution in [2.24, 2.45) is 17.6 Å². The first-order chi connectivity index (χ1) is 62.5. The number of nitrogens with two attached hydrogens (primary N) is 1. The maximum atomic E-state index is 16.5. The van der Waals surface area contributed by atoms with Crippen LogP contribution in [0.1, 0.15) is 118 Å². The fourth-order valence-electron chi connectivity index (χ4n) is 16.5. The number of carboxylic acid groups (broad SMARTS) is 1. The summed E-state index contributed by atoms with van der Waals surface area (Å²) in [5.74, 6) is -16.5. The minimum Gasteiger partial charge on any atom is -0.508 e. The zero-order chi connectivity index (χ0) is 93.3. The molecule has 17 rings (SSSR count). The van der Waals surface area contributed by atoms with Gasteiger partial charge in [-0.15, -0.1) is 0 Å². The first-order valence-corrected chi connectivity index (χ1v) is 43.9. The van der Waals surface area contributed by atoms with Crippen LogP contribution in [0.2, 0.25) is 15.1 Å². The van der Waals surface area contributed by atoms with E-state index in [2.05, 4.69) is 37.2 Å². The minimum atomic E-state index is -2.37. The summed E-state index contributed by atoms with van der Waals surface area (Å²) in [4.78, 5) is 124. The van der Waals surface area contributed by atoms with Crippen molar-refractivity contribution >= 4 is 93.9 Å². The Morgan fingerprint density at radius 1 is 0.626 bits per heavy atom. The van der Waals surface area contributed by atoms with Gasteiger partial charge in [0.25, 0.3) is 5.22 Å². The van der Waals surface area contributed by atoms with Crippen LogP contribution >= 0.6 is 46.6 Å². The number of aromatic hydroxyl groups is 3. The molecule has 7 amide bonds. The highest BCUT2D eigenvalue weighted by Crippen LogP contribution is 2.51. The standard InChI is InChI=1S/C94H92Cl3N9O24S/c1-42(2)30-43(3)85(116)104-75-77(111)51-23-28-63(58(96)32-51)125-65-34-53-35-66(126-64-29-24-52(33-59(64)97)78(112)76-90(121)103-74(91(122)123)57-36-55(107)37-62(109)70(57)56-31-50(22-27-61(56)108)72(87(118)105-76)102-88(119)73(53)101-86(117)60(38-68(98)110)100-89(75)120)82(65)129-92-83(128-69-39-94(5,84(115)44(4)124-69)99-40-45-16-18-46(19-17-45)47-20-25-54(95)26-21-47)80(114)79(113)67(127-92)41-131-93-106-71(48-12-8-6-9-13-48)81(130-93)49-14-10-7-11-15-49/h6-29,31-37,42-44,60,67,69,72-80,83-84,92,99,107-109,111-115H,30,38-41H2,1-5H3,(H2,98,110)(H,100,120)(H,101,117)(H,102,119)(H,103,121)(H,104,116)(H,105,118)(H,122,123)/t43-,44?,60-,67?,69?,72?,73+,74+,75+,76-,77+,78+,79?,80?,83?,84?,92?,94?/m0/s1. The van der Waals surface area contributed by atoms with Gasteiger partial charge in [0, 0.05) is 69.1 Å². The first kappa shape index (κ1) is 93.3. The van der Waals surface area contributed by atoms with Gasteiger partial charge in [0.2, 0.25) is 53.4 Å². The number of thioether (sulfide) groups is 1. The lowest BCUT2D eigenvalue weighted by molar-refractivity contribution is -0.330. The quantitative estimate of drug-likeness (QED) is 0.0315. The van der Waals surface area contributed by atoms with Crippen molar-refractivity contribution in [1.29, 1.82) is 0 Å². The zero-order valence-electron chi connectivity index (χ0n) is 70.5. The number of ether oxygens (including phenoxy) is 6. The fourth-order valence-corrected chi connectivity index (χ4v) is 18.0. The third-order valence-corrected chi connectivity index (χ3v) is 25.1. The van der Waals surface area contributed by atoms with Crippen LogP contribution in [0.25, 0.3) is 44.8 Å². The average Bonchev–Trinajstić information content (AvgIpc) is 0.789. The molecule has 10 aromatic rings.